The van der Waals surface area contributed by atoms with Gasteiger partial charge in [-0.3, -0.25) is 9.78 Å². The van der Waals surface area contributed by atoms with Crippen LogP contribution >= 0.6 is 11.3 Å². The molecule has 1 unspecified atom stereocenters. The summed E-state index contributed by atoms with van der Waals surface area (Å²) in [5, 5.41) is 2.09. The molecule has 1 amide bonds. The second-order valence-electron chi connectivity index (χ2n) is 7.69. The molecule has 5 rings (SSSR count). The van der Waals surface area contributed by atoms with E-state index in [-0.39, 0.29) is 11.4 Å². The molecule has 3 aromatic heterocycles. The number of carbonyl (C=O) groups excluding carboxylic acids is 1. The Morgan fingerprint density at radius 2 is 1.82 bits per heavy atom. The Bertz CT molecular complexity index is 991. The number of rotatable bonds is 2. The molecule has 3 aromatic rings. The first kappa shape index (κ1) is 17.6. The normalized spacial score (nSPS) is 22.7. The van der Waals surface area contributed by atoms with Crippen LogP contribution in [-0.2, 0) is 0 Å². The van der Waals surface area contributed by atoms with Crippen molar-refractivity contribution in [3.63, 3.8) is 0 Å². The van der Waals surface area contributed by atoms with Crippen molar-refractivity contribution in [2.75, 3.05) is 24.5 Å². The minimum absolute atomic E-state index is 0.0958. The summed E-state index contributed by atoms with van der Waals surface area (Å²) in [4.78, 5) is 30.6. The Morgan fingerprint density at radius 1 is 1.00 bits per heavy atom. The van der Waals surface area contributed by atoms with Crippen LogP contribution in [0.5, 0.6) is 0 Å². The molecule has 28 heavy (non-hydrogen) atoms. The maximum absolute atomic E-state index is 12.9. The van der Waals surface area contributed by atoms with Crippen molar-refractivity contribution >= 4 is 33.3 Å². The van der Waals surface area contributed by atoms with Gasteiger partial charge in [0.05, 0.1) is 10.2 Å². The third-order valence-corrected chi connectivity index (χ3v) is 7.11. The summed E-state index contributed by atoms with van der Waals surface area (Å²) in [7, 11) is 0. The maximum atomic E-state index is 12.9. The van der Waals surface area contributed by atoms with Crippen LogP contribution in [0.2, 0.25) is 0 Å². The zero-order valence-corrected chi connectivity index (χ0v) is 16.6. The highest BCUT2D eigenvalue weighted by atomic mass is 32.1. The Hall–Kier alpha value is -2.54. The zero-order valence-electron chi connectivity index (χ0n) is 15.8. The van der Waals surface area contributed by atoms with E-state index in [2.05, 4.69) is 31.3 Å². The topological polar surface area (TPSA) is 62.2 Å². The number of anilines is 1. The van der Waals surface area contributed by atoms with Gasteiger partial charge in [0, 0.05) is 43.1 Å². The first-order valence-corrected chi connectivity index (χ1v) is 10.8. The largest absolute Gasteiger partial charge is 0.350 e. The summed E-state index contributed by atoms with van der Waals surface area (Å²) in [6.07, 6.45) is 10.5. The van der Waals surface area contributed by atoms with E-state index in [1.807, 2.05) is 4.90 Å². The van der Waals surface area contributed by atoms with Crippen LogP contribution in [0, 0.1) is 0 Å². The molecule has 2 fully saturated rings. The van der Waals surface area contributed by atoms with Gasteiger partial charge in [0.2, 0.25) is 0 Å². The van der Waals surface area contributed by atoms with Crippen molar-refractivity contribution in [2.45, 2.75) is 37.6 Å². The summed E-state index contributed by atoms with van der Waals surface area (Å²) in [6, 6.07) is 5.68. The van der Waals surface area contributed by atoms with Crippen molar-refractivity contribution in [1.82, 2.24) is 19.9 Å². The van der Waals surface area contributed by atoms with E-state index >= 15 is 0 Å². The van der Waals surface area contributed by atoms with Crippen LogP contribution in [-0.4, -0.2) is 50.9 Å². The Kier molecular flexibility index (Phi) is 4.47. The van der Waals surface area contributed by atoms with E-state index in [0.717, 1.165) is 55.8 Å². The van der Waals surface area contributed by atoms with Crippen molar-refractivity contribution < 1.29 is 4.79 Å². The van der Waals surface area contributed by atoms with Crippen molar-refractivity contribution in [1.29, 1.82) is 0 Å². The molecule has 2 aliphatic heterocycles. The molecule has 0 radical (unpaired) electrons. The average molecular weight is 394 g/mol. The van der Waals surface area contributed by atoms with Crippen LogP contribution in [0.25, 0.3) is 10.2 Å². The zero-order chi connectivity index (χ0) is 19.0. The third-order valence-electron chi connectivity index (χ3n) is 6.21. The Balaban J connectivity index is 1.41. The van der Waals surface area contributed by atoms with Gasteiger partial charge in [-0.2, -0.15) is 0 Å². The number of carbonyl (C=O) groups is 1. The van der Waals surface area contributed by atoms with Crippen LogP contribution in [0.1, 0.15) is 42.5 Å². The number of fused-ring (bicyclic) bond motifs is 1. The number of aromatic nitrogens is 3. The highest BCUT2D eigenvalue weighted by Crippen LogP contribution is 2.43. The molecule has 0 aliphatic carbocycles. The lowest BCUT2D eigenvalue weighted by molar-refractivity contribution is 0.0759. The van der Waals surface area contributed by atoms with Crippen LogP contribution in [0.15, 0.2) is 42.3 Å². The van der Waals surface area contributed by atoms with Gasteiger partial charge in [-0.1, -0.05) is 0 Å². The molecule has 1 spiro atoms. The fraction of sp³-hybridized carbons (Fsp3) is 0.429. The van der Waals surface area contributed by atoms with Crippen molar-refractivity contribution in [3.05, 3.63) is 47.9 Å². The van der Waals surface area contributed by atoms with Gasteiger partial charge in [-0.05, 0) is 55.7 Å². The van der Waals surface area contributed by atoms with E-state index in [9.17, 15) is 4.79 Å². The summed E-state index contributed by atoms with van der Waals surface area (Å²) >= 11 is 1.72. The van der Waals surface area contributed by atoms with E-state index < -0.39 is 0 Å². The molecule has 7 heteroatoms. The van der Waals surface area contributed by atoms with Crippen molar-refractivity contribution in [3.8, 4) is 0 Å². The Morgan fingerprint density at radius 3 is 2.68 bits per heavy atom. The fourth-order valence-electron chi connectivity index (χ4n) is 4.82. The van der Waals surface area contributed by atoms with Gasteiger partial charge in [0.15, 0.2) is 0 Å². The second-order valence-corrected chi connectivity index (χ2v) is 8.61. The average Bonchev–Trinajstić information content (AvgIpc) is 3.32. The molecule has 2 saturated heterocycles. The maximum Gasteiger partial charge on any atom is 0.253 e. The summed E-state index contributed by atoms with van der Waals surface area (Å²) in [5.41, 5.74) is 1.85. The molecule has 0 aromatic carbocycles. The van der Waals surface area contributed by atoms with E-state index in [1.54, 1.807) is 42.2 Å². The lowest BCUT2D eigenvalue weighted by atomic mass is 9.87. The van der Waals surface area contributed by atoms with Crippen molar-refractivity contribution in [2.24, 2.45) is 0 Å². The smallest absolute Gasteiger partial charge is 0.253 e. The first-order valence-electron chi connectivity index (χ1n) is 9.92. The second kappa shape index (κ2) is 7.13. The van der Waals surface area contributed by atoms with E-state index in [4.69, 9.17) is 0 Å². The lowest BCUT2D eigenvalue weighted by Crippen LogP contribution is -2.45. The molecule has 5 heterocycles. The van der Waals surface area contributed by atoms with Crippen LogP contribution in [0.4, 0.5) is 5.82 Å². The molecule has 2 aliphatic rings. The van der Waals surface area contributed by atoms with Gasteiger partial charge in [0.1, 0.15) is 12.1 Å². The quantitative estimate of drug-likeness (QED) is 0.663. The summed E-state index contributed by atoms with van der Waals surface area (Å²) < 4.78 is 1.18. The molecule has 0 saturated carbocycles. The van der Waals surface area contributed by atoms with Gasteiger partial charge < -0.3 is 9.80 Å². The van der Waals surface area contributed by atoms with Gasteiger partial charge in [0.25, 0.3) is 5.91 Å². The number of hydrogen-bond donors (Lipinski definition) is 0. The minimum atomic E-state index is 0.0958. The van der Waals surface area contributed by atoms with Gasteiger partial charge >= 0.3 is 0 Å². The lowest BCUT2D eigenvalue weighted by Gasteiger charge is -2.39. The molecule has 1 atom stereocenters. The first-order chi connectivity index (χ1) is 13.8. The molecule has 0 bridgehead atoms. The van der Waals surface area contributed by atoms with Crippen LogP contribution in [0.3, 0.4) is 0 Å². The SMILES string of the molecule is O=C(c1ccncc1)N1CCCC2(CCCN2c2ncnc3ccsc23)CC1. The number of thiophene rings is 1. The fourth-order valence-corrected chi connectivity index (χ4v) is 5.66. The van der Waals surface area contributed by atoms with E-state index in [0.29, 0.717) is 0 Å². The molecule has 0 N–H and O–H groups in total. The number of nitrogens with zero attached hydrogens (tertiary/aromatic N) is 5. The molecule has 6 nitrogen and oxygen atoms in total. The monoisotopic (exact) mass is 393 g/mol. The predicted molar refractivity (Wildman–Crippen MR) is 111 cm³/mol. The van der Waals surface area contributed by atoms with E-state index in [1.165, 1.54) is 17.5 Å². The minimum Gasteiger partial charge on any atom is -0.350 e. The number of hydrogen-bond acceptors (Lipinski definition) is 6. The summed E-state index contributed by atoms with van der Waals surface area (Å²) in [6.45, 7) is 2.63. The molecule has 144 valence electrons. The number of likely N-dealkylation sites (tertiary alicyclic amines) is 1. The number of amides is 1. The van der Waals surface area contributed by atoms with Gasteiger partial charge in [-0.25, -0.2) is 9.97 Å². The summed E-state index contributed by atoms with van der Waals surface area (Å²) in [5.74, 6) is 1.19. The third kappa shape index (κ3) is 2.94. The Labute approximate surface area is 168 Å². The number of pyridine rings is 1. The highest BCUT2D eigenvalue weighted by molar-refractivity contribution is 7.17. The standard InChI is InChI=1S/C21H23N5OS/c27-20(16-3-9-22-10-4-16)25-11-1-6-21(8-13-25)7-2-12-26(21)19-18-17(5-14-28-18)23-15-24-19/h3-5,9-10,14-15H,1-2,6-8,11-13H2. The van der Waals surface area contributed by atoms with Gasteiger partial charge in [-0.15, -0.1) is 11.3 Å². The van der Waals surface area contributed by atoms with Crippen LogP contribution < -0.4 is 4.90 Å². The highest BCUT2D eigenvalue weighted by Gasteiger charge is 2.43. The molecular formula is C21H23N5OS. The molecular weight excluding hydrogens is 370 g/mol. The predicted octanol–water partition coefficient (Wildman–Crippen LogP) is 3.75.